The molecular weight excluding hydrogens is 232 g/mol. The van der Waals surface area contributed by atoms with Crippen LogP contribution in [0.3, 0.4) is 0 Å². The van der Waals surface area contributed by atoms with E-state index in [2.05, 4.69) is 10.6 Å². The number of carbonyl (C=O) groups is 1. The van der Waals surface area contributed by atoms with Crippen LogP contribution in [0, 0.1) is 11.8 Å². The summed E-state index contributed by atoms with van der Waals surface area (Å²) >= 11 is 0. The molecule has 2 rings (SSSR count). The van der Waals surface area contributed by atoms with Gasteiger partial charge in [0.2, 0.25) is 5.91 Å². The van der Waals surface area contributed by atoms with E-state index in [1.54, 1.807) is 19.2 Å². The maximum Gasteiger partial charge on any atom is 0.229 e. The monoisotopic (exact) mass is 250 g/mol. The van der Waals surface area contributed by atoms with Crippen LogP contribution >= 0.6 is 0 Å². The van der Waals surface area contributed by atoms with Crippen molar-refractivity contribution in [1.29, 1.82) is 0 Å². The standard InChI is InChI=1S/C13H18N2O3/c1-8-6-14-7-10(8)13(17)15-11-5-9(18-2)3-4-12(11)16/h3-5,8,10,14,16H,6-7H2,1-2H3,(H,15,17). The minimum atomic E-state index is -0.0731. The Hall–Kier alpha value is -1.75. The van der Waals surface area contributed by atoms with Crippen LogP contribution in [0.1, 0.15) is 6.92 Å². The molecule has 3 N–H and O–H groups in total. The van der Waals surface area contributed by atoms with Gasteiger partial charge >= 0.3 is 0 Å². The van der Waals surface area contributed by atoms with E-state index in [1.807, 2.05) is 6.92 Å². The first-order valence-corrected chi connectivity index (χ1v) is 6.00. The number of phenolic OH excluding ortho intramolecular Hbond substituents is 1. The Morgan fingerprint density at radius 2 is 2.28 bits per heavy atom. The fourth-order valence-electron chi connectivity index (χ4n) is 2.13. The molecule has 2 unspecified atom stereocenters. The number of aromatic hydroxyl groups is 1. The summed E-state index contributed by atoms with van der Waals surface area (Å²) in [7, 11) is 1.54. The molecule has 5 nitrogen and oxygen atoms in total. The number of amides is 1. The predicted octanol–water partition coefficient (Wildman–Crippen LogP) is 1.19. The number of benzene rings is 1. The molecule has 1 saturated heterocycles. The van der Waals surface area contributed by atoms with Crippen LogP contribution in [-0.4, -0.2) is 31.2 Å². The Labute approximate surface area is 106 Å². The third-order valence-corrected chi connectivity index (χ3v) is 3.32. The zero-order chi connectivity index (χ0) is 13.1. The summed E-state index contributed by atoms with van der Waals surface area (Å²) in [6.07, 6.45) is 0. The SMILES string of the molecule is COc1ccc(O)c(NC(=O)C2CNCC2C)c1. The van der Waals surface area contributed by atoms with Crippen molar-refractivity contribution in [3.63, 3.8) is 0 Å². The van der Waals surface area contributed by atoms with Crippen LogP contribution in [0.4, 0.5) is 5.69 Å². The first-order valence-electron chi connectivity index (χ1n) is 6.00. The normalized spacial score (nSPS) is 22.8. The highest BCUT2D eigenvalue weighted by molar-refractivity contribution is 5.94. The number of rotatable bonds is 3. The lowest BCUT2D eigenvalue weighted by Gasteiger charge is -2.15. The van der Waals surface area contributed by atoms with Crippen molar-refractivity contribution in [3.05, 3.63) is 18.2 Å². The molecule has 1 amide bonds. The third kappa shape index (κ3) is 2.56. The largest absolute Gasteiger partial charge is 0.506 e. The van der Waals surface area contributed by atoms with E-state index in [9.17, 15) is 9.90 Å². The molecule has 0 radical (unpaired) electrons. The van der Waals surface area contributed by atoms with Crippen molar-refractivity contribution >= 4 is 11.6 Å². The summed E-state index contributed by atoms with van der Waals surface area (Å²) in [6, 6.07) is 4.76. The Morgan fingerprint density at radius 3 is 2.89 bits per heavy atom. The lowest BCUT2D eigenvalue weighted by atomic mass is 9.97. The van der Waals surface area contributed by atoms with Gasteiger partial charge in [0.1, 0.15) is 11.5 Å². The molecular formula is C13H18N2O3. The van der Waals surface area contributed by atoms with Gasteiger partial charge in [-0.25, -0.2) is 0 Å². The second kappa shape index (κ2) is 5.27. The van der Waals surface area contributed by atoms with Gasteiger partial charge in [0.15, 0.2) is 0 Å². The molecule has 5 heteroatoms. The molecule has 1 aliphatic heterocycles. The molecule has 0 saturated carbocycles. The summed E-state index contributed by atoms with van der Waals surface area (Å²) in [5.74, 6) is 0.813. The van der Waals surface area contributed by atoms with E-state index in [0.29, 0.717) is 23.9 Å². The van der Waals surface area contributed by atoms with Crippen molar-refractivity contribution in [2.75, 3.05) is 25.5 Å². The molecule has 1 fully saturated rings. The summed E-state index contributed by atoms with van der Waals surface area (Å²) < 4.78 is 5.06. The summed E-state index contributed by atoms with van der Waals surface area (Å²) in [5.41, 5.74) is 0.387. The first-order chi connectivity index (χ1) is 8.61. The molecule has 1 heterocycles. The van der Waals surface area contributed by atoms with Gasteiger partial charge in [0.05, 0.1) is 18.7 Å². The van der Waals surface area contributed by atoms with Crippen molar-refractivity contribution < 1.29 is 14.6 Å². The van der Waals surface area contributed by atoms with E-state index in [0.717, 1.165) is 6.54 Å². The van der Waals surface area contributed by atoms with Crippen molar-refractivity contribution in [3.8, 4) is 11.5 Å². The zero-order valence-corrected chi connectivity index (χ0v) is 10.6. The van der Waals surface area contributed by atoms with Crippen LogP contribution < -0.4 is 15.4 Å². The van der Waals surface area contributed by atoms with E-state index in [4.69, 9.17) is 4.74 Å². The molecule has 0 aromatic heterocycles. The highest BCUT2D eigenvalue weighted by Crippen LogP contribution is 2.29. The Bertz CT molecular complexity index is 448. The van der Waals surface area contributed by atoms with Crippen molar-refractivity contribution in [2.24, 2.45) is 11.8 Å². The number of ether oxygens (including phenoxy) is 1. The minimum absolute atomic E-state index is 0.0442. The van der Waals surface area contributed by atoms with Crippen LogP contribution in [0.25, 0.3) is 0 Å². The summed E-state index contributed by atoms with van der Waals surface area (Å²) in [6.45, 7) is 3.57. The quantitative estimate of drug-likeness (QED) is 0.705. The molecule has 1 aromatic rings. The van der Waals surface area contributed by atoms with Gasteiger partial charge in [-0.3, -0.25) is 4.79 Å². The average molecular weight is 250 g/mol. The van der Waals surface area contributed by atoms with E-state index < -0.39 is 0 Å². The van der Waals surface area contributed by atoms with Crippen LogP contribution in [0.15, 0.2) is 18.2 Å². The second-order valence-corrected chi connectivity index (χ2v) is 4.61. The average Bonchev–Trinajstić information content (AvgIpc) is 2.78. The van der Waals surface area contributed by atoms with Crippen molar-refractivity contribution in [2.45, 2.75) is 6.92 Å². The molecule has 2 atom stereocenters. The van der Waals surface area contributed by atoms with Crippen LogP contribution in [0.2, 0.25) is 0 Å². The Balaban J connectivity index is 2.11. The number of hydrogen-bond acceptors (Lipinski definition) is 4. The number of nitrogens with one attached hydrogen (secondary N) is 2. The molecule has 98 valence electrons. The summed E-state index contributed by atoms with van der Waals surface area (Å²) in [5, 5.41) is 15.6. The maximum atomic E-state index is 12.1. The number of hydrogen-bond donors (Lipinski definition) is 3. The van der Waals surface area contributed by atoms with Gasteiger partial charge in [-0.05, 0) is 24.6 Å². The van der Waals surface area contributed by atoms with Gasteiger partial charge in [0.25, 0.3) is 0 Å². The first kappa shape index (κ1) is 12.7. The summed E-state index contributed by atoms with van der Waals surface area (Å²) in [4.78, 5) is 12.1. The third-order valence-electron chi connectivity index (χ3n) is 3.32. The molecule has 18 heavy (non-hydrogen) atoms. The highest BCUT2D eigenvalue weighted by atomic mass is 16.5. The maximum absolute atomic E-state index is 12.1. The van der Waals surface area contributed by atoms with Gasteiger partial charge in [-0.2, -0.15) is 0 Å². The molecule has 0 bridgehead atoms. The fraction of sp³-hybridized carbons (Fsp3) is 0.462. The lowest BCUT2D eigenvalue weighted by Crippen LogP contribution is -2.27. The fourth-order valence-corrected chi connectivity index (χ4v) is 2.13. The number of methoxy groups -OCH3 is 1. The van der Waals surface area contributed by atoms with Crippen molar-refractivity contribution in [1.82, 2.24) is 5.32 Å². The minimum Gasteiger partial charge on any atom is -0.506 e. The molecule has 1 aliphatic rings. The second-order valence-electron chi connectivity index (χ2n) is 4.61. The van der Waals surface area contributed by atoms with Crippen LogP contribution in [-0.2, 0) is 4.79 Å². The van der Waals surface area contributed by atoms with E-state index in [-0.39, 0.29) is 17.6 Å². The smallest absolute Gasteiger partial charge is 0.229 e. The molecule has 0 spiro atoms. The van der Waals surface area contributed by atoms with E-state index >= 15 is 0 Å². The van der Waals surface area contributed by atoms with Gasteiger partial charge in [0, 0.05) is 12.6 Å². The molecule has 0 aliphatic carbocycles. The topological polar surface area (TPSA) is 70.6 Å². The predicted molar refractivity (Wildman–Crippen MR) is 68.8 cm³/mol. The number of phenols is 1. The van der Waals surface area contributed by atoms with E-state index in [1.165, 1.54) is 6.07 Å². The van der Waals surface area contributed by atoms with Gasteiger partial charge < -0.3 is 20.5 Å². The lowest BCUT2D eigenvalue weighted by molar-refractivity contribution is -0.120. The van der Waals surface area contributed by atoms with Gasteiger partial charge in [-0.1, -0.05) is 6.92 Å². The Kier molecular flexibility index (Phi) is 3.72. The van der Waals surface area contributed by atoms with Crippen LogP contribution in [0.5, 0.6) is 11.5 Å². The van der Waals surface area contributed by atoms with Gasteiger partial charge in [-0.15, -0.1) is 0 Å². The molecule has 1 aromatic carbocycles. The number of anilines is 1. The zero-order valence-electron chi connectivity index (χ0n) is 10.6. The number of carbonyl (C=O) groups excluding carboxylic acids is 1. The highest BCUT2D eigenvalue weighted by Gasteiger charge is 2.29. The Morgan fingerprint density at radius 1 is 1.50 bits per heavy atom.